The van der Waals surface area contributed by atoms with E-state index in [0.29, 0.717) is 17.3 Å². The molecule has 0 unspecified atom stereocenters. The van der Waals surface area contributed by atoms with Crippen molar-refractivity contribution in [1.82, 2.24) is 20.8 Å². The lowest BCUT2D eigenvalue weighted by molar-refractivity contribution is 0.160. The van der Waals surface area contributed by atoms with Gasteiger partial charge in [0.2, 0.25) is 0 Å². The molecule has 0 atom stereocenters. The minimum Gasteiger partial charge on any atom is -0.507 e. The van der Waals surface area contributed by atoms with Crippen LogP contribution in [-0.4, -0.2) is 52.2 Å². The third-order valence-electron chi connectivity index (χ3n) is 6.97. The second-order valence-electron chi connectivity index (χ2n) is 11.0. The van der Waals surface area contributed by atoms with E-state index in [0.717, 1.165) is 61.3 Å². The second-order valence-corrected chi connectivity index (χ2v) is 11.0. The molecule has 3 heterocycles. The van der Waals surface area contributed by atoms with Gasteiger partial charge in [-0.2, -0.15) is 0 Å². The molecule has 34 heavy (non-hydrogen) atoms. The summed E-state index contributed by atoms with van der Waals surface area (Å²) < 4.78 is 0. The van der Waals surface area contributed by atoms with E-state index in [1.807, 2.05) is 24.3 Å². The van der Waals surface area contributed by atoms with Crippen LogP contribution in [0.3, 0.4) is 0 Å². The van der Waals surface area contributed by atoms with Gasteiger partial charge < -0.3 is 26.0 Å². The van der Waals surface area contributed by atoms with Gasteiger partial charge in [0.05, 0.1) is 5.69 Å². The maximum absolute atomic E-state index is 10.6. The lowest BCUT2D eigenvalue weighted by atomic mass is 9.79. The molecular weight excluding hydrogens is 424 g/mol. The lowest BCUT2D eigenvalue weighted by Gasteiger charge is -2.49. The molecule has 2 aliphatic rings. The standard InChI is InChI=1S/C27H38N6O/c1-26(2)15-19(16-27(3,4)32-26)33(5)25-12-10-23(30-31-25)20-14-18(9-11-24(20)34)21(17-28)22-8-6-7-13-29-22/h9-12,14,17,19,28-29,32,34H,6-8,13,15-16H2,1-5H3/b22-21+,28-17?. The molecule has 1 aromatic carbocycles. The van der Waals surface area contributed by atoms with Crippen LogP contribution in [0, 0.1) is 5.41 Å². The number of nitrogens with one attached hydrogen (secondary N) is 3. The van der Waals surface area contributed by atoms with Crippen molar-refractivity contribution in [2.75, 3.05) is 18.5 Å². The van der Waals surface area contributed by atoms with E-state index in [2.05, 4.69) is 60.5 Å². The molecule has 2 aliphatic heterocycles. The predicted molar refractivity (Wildman–Crippen MR) is 139 cm³/mol. The van der Waals surface area contributed by atoms with Gasteiger partial charge in [0.1, 0.15) is 5.75 Å². The maximum Gasteiger partial charge on any atom is 0.151 e. The molecule has 2 aromatic rings. The summed E-state index contributed by atoms with van der Waals surface area (Å²) in [4.78, 5) is 2.23. The zero-order valence-electron chi connectivity index (χ0n) is 21.1. The molecule has 7 nitrogen and oxygen atoms in total. The van der Waals surface area contributed by atoms with Crippen LogP contribution in [0.15, 0.2) is 36.0 Å². The Morgan fingerprint density at radius 3 is 2.41 bits per heavy atom. The van der Waals surface area contributed by atoms with Crippen LogP contribution >= 0.6 is 0 Å². The normalized spacial score (nSPS) is 21.4. The number of piperidine rings is 2. The monoisotopic (exact) mass is 462 g/mol. The van der Waals surface area contributed by atoms with Crippen LogP contribution in [0.25, 0.3) is 16.8 Å². The van der Waals surface area contributed by atoms with Gasteiger partial charge in [0.25, 0.3) is 0 Å². The summed E-state index contributed by atoms with van der Waals surface area (Å²) in [6, 6.07) is 9.70. The molecule has 0 amide bonds. The van der Waals surface area contributed by atoms with E-state index < -0.39 is 0 Å². The molecule has 2 saturated heterocycles. The summed E-state index contributed by atoms with van der Waals surface area (Å²) in [7, 11) is 2.09. The van der Waals surface area contributed by atoms with Gasteiger partial charge in [-0.1, -0.05) is 6.07 Å². The Hall–Kier alpha value is -2.93. The van der Waals surface area contributed by atoms with Crippen LogP contribution in [0.4, 0.5) is 5.82 Å². The van der Waals surface area contributed by atoms with Crippen molar-refractivity contribution in [3.63, 3.8) is 0 Å². The summed E-state index contributed by atoms with van der Waals surface area (Å²) >= 11 is 0. The fraction of sp³-hybridized carbons (Fsp3) is 0.519. The Labute approximate surface area is 203 Å². The van der Waals surface area contributed by atoms with Crippen molar-refractivity contribution in [2.24, 2.45) is 0 Å². The highest BCUT2D eigenvalue weighted by molar-refractivity contribution is 6.10. The summed E-state index contributed by atoms with van der Waals surface area (Å²) in [5.74, 6) is 0.985. The third kappa shape index (κ3) is 5.25. The molecule has 7 heteroatoms. The number of hydrogen-bond acceptors (Lipinski definition) is 7. The van der Waals surface area contributed by atoms with Crippen LogP contribution in [0.2, 0.25) is 0 Å². The Kier molecular flexibility index (Phi) is 6.67. The molecule has 0 aliphatic carbocycles. The van der Waals surface area contributed by atoms with E-state index in [1.54, 1.807) is 6.07 Å². The van der Waals surface area contributed by atoms with Crippen molar-refractivity contribution in [3.8, 4) is 17.0 Å². The van der Waals surface area contributed by atoms with Gasteiger partial charge in [-0.3, -0.25) is 0 Å². The van der Waals surface area contributed by atoms with E-state index in [4.69, 9.17) is 5.41 Å². The van der Waals surface area contributed by atoms with Crippen LogP contribution < -0.4 is 15.5 Å². The predicted octanol–water partition coefficient (Wildman–Crippen LogP) is 4.73. The number of rotatable bonds is 5. The Bertz CT molecular complexity index is 1050. The molecule has 2 fully saturated rings. The molecule has 4 rings (SSSR count). The minimum atomic E-state index is 0.0502. The number of nitrogens with zero attached hydrogens (tertiary/aromatic N) is 3. The molecule has 4 N–H and O–H groups in total. The zero-order chi connectivity index (χ0) is 24.5. The van der Waals surface area contributed by atoms with E-state index in [-0.39, 0.29) is 16.8 Å². The fourth-order valence-electron chi connectivity index (χ4n) is 5.62. The van der Waals surface area contributed by atoms with E-state index in [1.165, 1.54) is 6.21 Å². The summed E-state index contributed by atoms with van der Waals surface area (Å²) in [6.45, 7) is 9.93. The number of phenolic OH excluding ortho intramolecular Hbond substituents is 1. The first-order valence-electron chi connectivity index (χ1n) is 12.3. The van der Waals surface area contributed by atoms with Gasteiger partial charge >= 0.3 is 0 Å². The zero-order valence-corrected chi connectivity index (χ0v) is 21.1. The molecule has 0 spiro atoms. The Balaban J connectivity index is 1.59. The topological polar surface area (TPSA) is 97.2 Å². The van der Waals surface area contributed by atoms with Gasteiger partial charge in [-0.05, 0) is 89.6 Å². The average molecular weight is 463 g/mol. The van der Waals surface area contributed by atoms with E-state index in [9.17, 15) is 5.11 Å². The number of aromatic nitrogens is 2. The maximum atomic E-state index is 10.6. The van der Waals surface area contributed by atoms with Crippen LogP contribution in [0.1, 0.15) is 65.4 Å². The summed E-state index contributed by atoms with van der Waals surface area (Å²) in [6.07, 6.45) is 6.65. The first-order chi connectivity index (χ1) is 16.1. The highest BCUT2D eigenvalue weighted by Gasteiger charge is 2.39. The molecular formula is C27H38N6O. The van der Waals surface area contributed by atoms with Crippen molar-refractivity contribution in [2.45, 2.75) is 76.9 Å². The van der Waals surface area contributed by atoms with Crippen LogP contribution in [0.5, 0.6) is 5.75 Å². The highest BCUT2D eigenvalue weighted by Crippen LogP contribution is 2.34. The quantitative estimate of drug-likeness (QED) is 0.480. The highest BCUT2D eigenvalue weighted by atomic mass is 16.3. The lowest BCUT2D eigenvalue weighted by Crippen LogP contribution is -2.62. The number of allylic oxidation sites excluding steroid dienone is 2. The minimum absolute atomic E-state index is 0.0502. The molecule has 0 radical (unpaired) electrons. The number of aromatic hydroxyl groups is 1. The smallest absolute Gasteiger partial charge is 0.151 e. The Morgan fingerprint density at radius 1 is 1.09 bits per heavy atom. The van der Waals surface area contributed by atoms with Gasteiger partial charge in [0, 0.05) is 53.8 Å². The largest absolute Gasteiger partial charge is 0.507 e. The number of anilines is 1. The molecule has 1 aromatic heterocycles. The molecule has 0 saturated carbocycles. The summed E-state index contributed by atoms with van der Waals surface area (Å²) in [5, 5.41) is 34.7. The van der Waals surface area contributed by atoms with Crippen molar-refractivity contribution in [3.05, 3.63) is 41.6 Å². The third-order valence-corrected chi connectivity index (χ3v) is 6.97. The molecule has 182 valence electrons. The van der Waals surface area contributed by atoms with Crippen molar-refractivity contribution >= 4 is 17.6 Å². The first kappa shape index (κ1) is 24.2. The van der Waals surface area contributed by atoms with Gasteiger partial charge in [-0.25, -0.2) is 0 Å². The van der Waals surface area contributed by atoms with Gasteiger partial charge in [0.15, 0.2) is 5.82 Å². The van der Waals surface area contributed by atoms with Crippen molar-refractivity contribution < 1.29 is 5.11 Å². The van der Waals surface area contributed by atoms with Gasteiger partial charge in [-0.15, -0.1) is 10.2 Å². The van der Waals surface area contributed by atoms with Crippen LogP contribution in [-0.2, 0) is 0 Å². The Morgan fingerprint density at radius 2 is 1.82 bits per heavy atom. The second kappa shape index (κ2) is 9.37. The SMILES string of the molecule is CN(c1ccc(-c2cc(/C(C=N)=C3\CCCCN3)ccc2O)nn1)C1CC(C)(C)NC(C)(C)C1. The number of phenols is 1. The number of hydrogen-bond donors (Lipinski definition) is 4. The van der Waals surface area contributed by atoms with E-state index >= 15 is 0 Å². The average Bonchev–Trinajstić information content (AvgIpc) is 2.79. The molecule has 0 bridgehead atoms. The summed E-state index contributed by atoms with van der Waals surface area (Å²) in [5.41, 5.74) is 4.19. The number of benzene rings is 1. The fourth-order valence-corrected chi connectivity index (χ4v) is 5.62. The van der Waals surface area contributed by atoms with Crippen molar-refractivity contribution in [1.29, 1.82) is 5.41 Å². The first-order valence-corrected chi connectivity index (χ1v) is 12.3.